The normalized spacial score (nSPS) is 12.3. The maximum Gasteiger partial charge on any atom is 0.186 e. The first-order valence-corrected chi connectivity index (χ1v) is 4.89. The topological polar surface area (TPSA) is 72.8 Å². The Hall–Kier alpha value is -1.49. The molecule has 0 spiro atoms. The first-order chi connectivity index (χ1) is 7.15. The van der Waals surface area contributed by atoms with Crippen molar-refractivity contribution in [2.24, 2.45) is 10.9 Å². The van der Waals surface area contributed by atoms with E-state index < -0.39 is 0 Å². The lowest BCUT2D eigenvalue weighted by Crippen LogP contribution is -2.20. The first-order valence-electron chi connectivity index (χ1n) is 4.89. The summed E-state index contributed by atoms with van der Waals surface area (Å²) in [6.07, 6.45) is 2.09. The largest absolute Gasteiger partial charge is 0.409 e. The maximum atomic E-state index is 8.56. The molecule has 0 amide bonds. The molecule has 15 heavy (non-hydrogen) atoms. The van der Waals surface area contributed by atoms with Gasteiger partial charge >= 0.3 is 0 Å². The number of ether oxygens (including phenoxy) is 1. The van der Waals surface area contributed by atoms with Gasteiger partial charge in [0.15, 0.2) is 5.84 Å². The van der Waals surface area contributed by atoms with Gasteiger partial charge in [-0.15, -0.1) is 0 Å². The van der Waals surface area contributed by atoms with E-state index in [0.29, 0.717) is 18.8 Å². The summed E-state index contributed by atoms with van der Waals surface area (Å²) in [5.41, 5.74) is 6.21. The van der Waals surface area contributed by atoms with E-state index in [4.69, 9.17) is 15.7 Å². The summed E-state index contributed by atoms with van der Waals surface area (Å²) in [5.74, 6) is 0.115. The van der Waals surface area contributed by atoms with E-state index in [0.717, 1.165) is 0 Å². The highest BCUT2D eigenvalue weighted by Gasteiger charge is 2.05. The molecule has 0 aliphatic rings. The van der Waals surface area contributed by atoms with E-state index in [2.05, 4.69) is 5.16 Å². The minimum absolute atomic E-state index is 0.115. The molecule has 0 atom stereocenters. The Kier molecular flexibility index (Phi) is 4.17. The van der Waals surface area contributed by atoms with Crippen LogP contribution in [0, 0.1) is 0 Å². The molecule has 84 valence electrons. The standard InChI is InChI=1S/C10H17N3O2/c1-8(2)15-7-6-13-5-3-4-9(13)10(11)12-14/h3-5,8,14H,6-7H2,1-2H3,(H2,11,12). The van der Waals surface area contributed by atoms with E-state index in [-0.39, 0.29) is 11.9 Å². The number of aromatic nitrogens is 1. The summed E-state index contributed by atoms with van der Waals surface area (Å²) >= 11 is 0. The van der Waals surface area contributed by atoms with Crippen LogP contribution >= 0.6 is 0 Å². The highest BCUT2D eigenvalue weighted by Crippen LogP contribution is 2.02. The van der Waals surface area contributed by atoms with Crippen LogP contribution in [-0.2, 0) is 11.3 Å². The summed E-state index contributed by atoms with van der Waals surface area (Å²) in [6, 6.07) is 3.65. The van der Waals surface area contributed by atoms with Crippen molar-refractivity contribution in [1.82, 2.24) is 4.57 Å². The fourth-order valence-electron chi connectivity index (χ4n) is 1.28. The molecule has 1 heterocycles. The Balaban J connectivity index is 2.58. The van der Waals surface area contributed by atoms with Crippen LogP contribution in [-0.4, -0.2) is 28.3 Å². The van der Waals surface area contributed by atoms with Gasteiger partial charge in [0.1, 0.15) is 0 Å². The van der Waals surface area contributed by atoms with E-state index in [1.165, 1.54) is 0 Å². The van der Waals surface area contributed by atoms with Crippen LogP contribution < -0.4 is 5.73 Å². The second kappa shape index (κ2) is 5.41. The van der Waals surface area contributed by atoms with Gasteiger partial charge < -0.3 is 20.2 Å². The molecular formula is C10H17N3O2. The number of oxime groups is 1. The highest BCUT2D eigenvalue weighted by atomic mass is 16.5. The predicted molar refractivity (Wildman–Crippen MR) is 58.0 cm³/mol. The van der Waals surface area contributed by atoms with Gasteiger partial charge in [0.05, 0.1) is 18.4 Å². The fourth-order valence-corrected chi connectivity index (χ4v) is 1.28. The minimum Gasteiger partial charge on any atom is -0.409 e. The predicted octanol–water partition coefficient (Wildman–Crippen LogP) is 1.01. The van der Waals surface area contributed by atoms with Crippen LogP contribution in [0.5, 0.6) is 0 Å². The van der Waals surface area contributed by atoms with Crippen molar-refractivity contribution < 1.29 is 9.94 Å². The van der Waals surface area contributed by atoms with E-state index in [9.17, 15) is 0 Å². The molecule has 0 aliphatic carbocycles. The molecule has 0 fully saturated rings. The number of amidine groups is 1. The molecule has 5 nitrogen and oxygen atoms in total. The number of hydrogen-bond acceptors (Lipinski definition) is 3. The monoisotopic (exact) mass is 211 g/mol. The van der Waals surface area contributed by atoms with Gasteiger partial charge in [-0.3, -0.25) is 0 Å². The Morgan fingerprint density at radius 2 is 2.40 bits per heavy atom. The number of nitrogens with two attached hydrogens (primary N) is 1. The average molecular weight is 211 g/mol. The molecule has 0 bridgehead atoms. The number of hydrogen-bond donors (Lipinski definition) is 2. The Bertz CT molecular complexity index is 331. The van der Waals surface area contributed by atoms with Gasteiger partial charge in [0, 0.05) is 12.7 Å². The summed E-state index contributed by atoms with van der Waals surface area (Å²) in [7, 11) is 0. The lowest BCUT2D eigenvalue weighted by atomic mass is 10.4. The zero-order valence-corrected chi connectivity index (χ0v) is 9.05. The third-order valence-corrected chi connectivity index (χ3v) is 1.98. The van der Waals surface area contributed by atoms with Crippen molar-refractivity contribution in [1.29, 1.82) is 0 Å². The fraction of sp³-hybridized carbons (Fsp3) is 0.500. The molecule has 0 radical (unpaired) electrons. The third kappa shape index (κ3) is 3.28. The van der Waals surface area contributed by atoms with Crippen molar-refractivity contribution in [3.8, 4) is 0 Å². The molecule has 0 saturated carbocycles. The van der Waals surface area contributed by atoms with Gasteiger partial charge in [-0.25, -0.2) is 0 Å². The van der Waals surface area contributed by atoms with Crippen molar-refractivity contribution >= 4 is 5.84 Å². The van der Waals surface area contributed by atoms with Crippen LogP contribution in [0.25, 0.3) is 0 Å². The van der Waals surface area contributed by atoms with Crippen molar-refractivity contribution in [2.75, 3.05) is 6.61 Å². The molecule has 3 N–H and O–H groups in total. The lowest BCUT2D eigenvalue weighted by Gasteiger charge is -2.10. The second-order valence-corrected chi connectivity index (χ2v) is 3.49. The zero-order valence-electron chi connectivity index (χ0n) is 9.05. The maximum absolute atomic E-state index is 8.56. The second-order valence-electron chi connectivity index (χ2n) is 3.49. The van der Waals surface area contributed by atoms with Crippen molar-refractivity contribution in [3.05, 3.63) is 24.0 Å². The van der Waals surface area contributed by atoms with Gasteiger partial charge in [-0.2, -0.15) is 0 Å². The zero-order chi connectivity index (χ0) is 11.3. The Morgan fingerprint density at radius 1 is 1.67 bits per heavy atom. The molecular weight excluding hydrogens is 194 g/mol. The smallest absolute Gasteiger partial charge is 0.186 e. The van der Waals surface area contributed by atoms with Crippen LogP contribution in [0.3, 0.4) is 0 Å². The SMILES string of the molecule is CC(C)OCCn1cccc1/C(N)=N/O. The van der Waals surface area contributed by atoms with E-state index in [1.807, 2.05) is 30.7 Å². The van der Waals surface area contributed by atoms with Crippen LogP contribution in [0.4, 0.5) is 0 Å². The Labute approximate surface area is 89.1 Å². The minimum atomic E-state index is 0.115. The Morgan fingerprint density at radius 3 is 3.00 bits per heavy atom. The van der Waals surface area contributed by atoms with E-state index in [1.54, 1.807) is 6.07 Å². The van der Waals surface area contributed by atoms with Crippen LogP contribution in [0.15, 0.2) is 23.5 Å². The number of nitrogens with zero attached hydrogens (tertiary/aromatic N) is 2. The molecule has 5 heteroatoms. The summed E-state index contributed by atoms with van der Waals surface area (Å²) < 4.78 is 7.31. The van der Waals surface area contributed by atoms with E-state index >= 15 is 0 Å². The van der Waals surface area contributed by atoms with Gasteiger partial charge in [0.25, 0.3) is 0 Å². The molecule has 0 unspecified atom stereocenters. The van der Waals surface area contributed by atoms with Crippen LogP contribution in [0.1, 0.15) is 19.5 Å². The number of rotatable bonds is 5. The average Bonchev–Trinajstić information content (AvgIpc) is 2.64. The molecule has 0 aromatic carbocycles. The lowest BCUT2D eigenvalue weighted by molar-refractivity contribution is 0.0727. The van der Waals surface area contributed by atoms with Crippen LogP contribution in [0.2, 0.25) is 0 Å². The summed E-state index contributed by atoms with van der Waals surface area (Å²) in [5, 5.41) is 11.5. The van der Waals surface area contributed by atoms with Crippen molar-refractivity contribution in [2.45, 2.75) is 26.5 Å². The highest BCUT2D eigenvalue weighted by molar-refractivity contribution is 5.95. The molecule has 0 saturated heterocycles. The third-order valence-electron chi connectivity index (χ3n) is 1.98. The quantitative estimate of drug-likeness (QED) is 0.330. The summed E-state index contributed by atoms with van der Waals surface area (Å²) in [4.78, 5) is 0. The van der Waals surface area contributed by atoms with Crippen molar-refractivity contribution in [3.63, 3.8) is 0 Å². The van der Waals surface area contributed by atoms with Gasteiger partial charge in [-0.05, 0) is 26.0 Å². The first kappa shape index (κ1) is 11.6. The molecule has 1 aromatic rings. The van der Waals surface area contributed by atoms with Gasteiger partial charge in [0.2, 0.25) is 0 Å². The summed E-state index contributed by atoms with van der Waals surface area (Å²) in [6.45, 7) is 5.27. The molecule has 1 aromatic heterocycles. The molecule has 0 aliphatic heterocycles. The van der Waals surface area contributed by atoms with Gasteiger partial charge in [-0.1, -0.05) is 5.16 Å². The molecule has 1 rings (SSSR count).